The molecule has 2 atom stereocenters. The van der Waals surface area contributed by atoms with Gasteiger partial charge in [-0.05, 0) is 64.2 Å². The van der Waals surface area contributed by atoms with E-state index in [0.717, 1.165) is 48.1 Å². The Morgan fingerprint density at radius 1 is 1.18 bits per heavy atom. The predicted molar refractivity (Wildman–Crippen MR) is 136 cm³/mol. The number of amides is 3. The van der Waals surface area contributed by atoms with E-state index in [1.807, 2.05) is 32.0 Å². The number of terminal acetylenes is 1. The molecular formula is C26H37N3O4S. The third-order valence-electron chi connectivity index (χ3n) is 5.85. The molecule has 0 heterocycles. The lowest BCUT2D eigenvalue weighted by molar-refractivity contribution is -0.138. The molecular weight excluding hydrogens is 450 g/mol. The van der Waals surface area contributed by atoms with Crippen molar-refractivity contribution < 1.29 is 19.1 Å². The molecule has 7 nitrogen and oxygen atoms in total. The molecule has 0 spiro atoms. The van der Waals surface area contributed by atoms with Crippen molar-refractivity contribution in [1.29, 1.82) is 0 Å². The monoisotopic (exact) mass is 487 g/mol. The van der Waals surface area contributed by atoms with Crippen molar-refractivity contribution in [1.82, 2.24) is 15.5 Å². The lowest BCUT2D eigenvalue weighted by Gasteiger charge is -2.32. The van der Waals surface area contributed by atoms with E-state index in [-0.39, 0.29) is 17.7 Å². The van der Waals surface area contributed by atoms with Crippen LogP contribution in [0.3, 0.4) is 0 Å². The number of hydrogen-bond donors (Lipinski definition) is 3. The predicted octanol–water partition coefficient (Wildman–Crippen LogP) is 4.04. The summed E-state index contributed by atoms with van der Waals surface area (Å²) in [6.45, 7) is 9.09. The van der Waals surface area contributed by atoms with Gasteiger partial charge in [0, 0.05) is 17.8 Å². The number of carbonyl (C=O) groups is 3. The average molecular weight is 488 g/mol. The number of benzene rings is 1. The zero-order valence-corrected chi connectivity index (χ0v) is 21.7. The van der Waals surface area contributed by atoms with Crippen LogP contribution in [0.1, 0.15) is 75.6 Å². The number of thiol groups is 1. The van der Waals surface area contributed by atoms with Crippen LogP contribution in [0.5, 0.6) is 0 Å². The average Bonchev–Trinajstić information content (AvgIpc) is 2.76. The van der Waals surface area contributed by atoms with E-state index in [0.29, 0.717) is 5.56 Å². The first kappa shape index (κ1) is 27.6. The Morgan fingerprint density at radius 3 is 2.35 bits per heavy atom. The Hall–Kier alpha value is -2.66. The minimum Gasteiger partial charge on any atom is -0.444 e. The summed E-state index contributed by atoms with van der Waals surface area (Å²) >= 11 is 4.23. The number of nitrogens with one attached hydrogen (secondary N) is 2. The lowest BCUT2D eigenvalue weighted by Crippen LogP contribution is -2.53. The van der Waals surface area contributed by atoms with Crippen LogP contribution >= 0.6 is 12.6 Å². The SMILES string of the molecule is C#CN(C(=O)C(CS)NC(=O)OC(C)(C)C)C(C(=O)NC1CCCCC1)c1ccc(C)c(C)c1. The Kier molecular flexibility index (Phi) is 9.87. The van der Waals surface area contributed by atoms with Crippen LogP contribution in [0.15, 0.2) is 18.2 Å². The van der Waals surface area contributed by atoms with E-state index >= 15 is 0 Å². The highest BCUT2D eigenvalue weighted by atomic mass is 32.1. The maximum Gasteiger partial charge on any atom is 0.408 e. The van der Waals surface area contributed by atoms with Gasteiger partial charge in [0.15, 0.2) is 0 Å². The number of hydrogen-bond acceptors (Lipinski definition) is 5. The van der Waals surface area contributed by atoms with E-state index in [1.54, 1.807) is 20.8 Å². The molecule has 0 aromatic heterocycles. The summed E-state index contributed by atoms with van der Waals surface area (Å²) in [5.41, 5.74) is 1.92. The minimum atomic E-state index is -1.06. The molecule has 0 radical (unpaired) electrons. The highest BCUT2D eigenvalue weighted by Crippen LogP contribution is 2.26. The van der Waals surface area contributed by atoms with Gasteiger partial charge in [-0.2, -0.15) is 12.6 Å². The van der Waals surface area contributed by atoms with Crippen molar-refractivity contribution in [3.63, 3.8) is 0 Å². The molecule has 1 aliphatic carbocycles. The summed E-state index contributed by atoms with van der Waals surface area (Å²) in [5, 5.41) is 5.62. The van der Waals surface area contributed by atoms with Crippen LogP contribution in [0.4, 0.5) is 4.79 Å². The van der Waals surface area contributed by atoms with Gasteiger partial charge in [0.25, 0.3) is 5.91 Å². The second kappa shape index (κ2) is 12.2. The fraction of sp³-hybridized carbons (Fsp3) is 0.577. The van der Waals surface area contributed by atoms with Gasteiger partial charge in [0.1, 0.15) is 17.7 Å². The van der Waals surface area contributed by atoms with Crippen LogP contribution in [-0.4, -0.2) is 46.2 Å². The normalized spacial score (nSPS) is 16.0. The molecule has 1 saturated carbocycles. The van der Waals surface area contributed by atoms with E-state index < -0.39 is 29.7 Å². The van der Waals surface area contributed by atoms with Crippen molar-refractivity contribution >= 4 is 30.5 Å². The third kappa shape index (κ3) is 7.69. The van der Waals surface area contributed by atoms with Crippen molar-refractivity contribution in [2.45, 2.75) is 90.4 Å². The molecule has 1 aromatic rings. The van der Waals surface area contributed by atoms with Crippen LogP contribution in [-0.2, 0) is 14.3 Å². The van der Waals surface area contributed by atoms with Crippen molar-refractivity contribution in [2.24, 2.45) is 0 Å². The molecule has 0 aliphatic heterocycles. The van der Waals surface area contributed by atoms with Gasteiger partial charge in [-0.25, -0.2) is 4.79 Å². The molecule has 1 fully saturated rings. The summed E-state index contributed by atoms with van der Waals surface area (Å²) in [6, 6.07) is 5.91. The molecule has 2 N–H and O–H groups in total. The number of ether oxygens (including phenoxy) is 1. The standard InChI is InChI=1S/C26H37N3O4S/c1-7-29(24(31)21(16-34)28-25(32)33-26(4,5)6)22(19-14-13-17(2)18(3)15-19)23(30)27-20-11-9-8-10-12-20/h1,13-15,20-22,34H,8-12,16H2,2-6H3,(H,27,30)(H,28,32). The summed E-state index contributed by atoms with van der Waals surface area (Å²) in [6.07, 6.45) is 10.1. The Labute approximate surface area is 208 Å². The van der Waals surface area contributed by atoms with E-state index in [1.165, 1.54) is 0 Å². The molecule has 0 bridgehead atoms. The Morgan fingerprint density at radius 2 is 1.82 bits per heavy atom. The number of rotatable bonds is 7. The number of nitrogens with zero attached hydrogens (tertiary/aromatic N) is 1. The zero-order chi connectivity index (χ0) is 25.5. The number of alkyl carbamates (subject to hydrolysis) is 1. The second-order valence-electron chi connectivity index (χ2n) is 9.81. The van der Waals surface area contributed by atoms with E-state index in [2.05, 4.69) is 29.3 Å². The van der Waals surface area contributed by atoms with Crippen LogP contribution in [0.25, 0.3) is 0 Å². The largest absolute Gasteiger partial charge is 0.444 e. The van der Waals surface area contributed by atoms with Gasteiger partial charge >= 0.3 is 6.09 Å². The van der Waals surface area contributed by atoms with E-state index in [4.69, 9.17) is 11.2 Å². The molecule has 8 heteroatoms. The van der Waals surface area contributed by atoms with Crippen molar-refractivity contribution in [3.05, 3.63) is 34.9 Å². The first-order chi connectivity index (χ1) is 16.0. The molecule has 2 unspecified atom stereocenters. The first-order valence-corrected chi connectivity index (χ1v) is 12.4. The molecule has 1 aromatic carbocycles. The Balaban J connectivity index is 2.35. The van der Waals surface area contributed by atoms with Gasteiger partial charge in [-0.3, -0.25) is 14.5 Å². The fourth-order valence-electron chi connectivity index (χ4n) is 3.95. The van der Waals surface area contributed by atoms with Crippen molar-refractivity contribution in [3.8, 4) is 12.5 Å². The smallest absolute Gasteiger partial charge is 0.408 e. The molecule has 3 amide bonds. The maximum absolute atomic E-state index is 13.5. The minimum absolute atomic E-state index is 0.0137. The summed E-state index contributed by atoms with van der Waals surface area (Å²) in [5.74, 6) is -0.956. The number of carbonyl (C=O) groups excluding carboxylic acids is 3. The third-order valence-corrected chi connectivity index (χ3v) is 6.22. The maximum atomic E-state index is 13.5. The number of aryl methyl sites for hydroxylation is 2. The van der Waals surface area contributed by atoms with Crippen LogP contribution < -0.4 is 10.6 Å². The van der Waals surface area contributed by atoms with Gasteiger partial charge in [-0.1, -0.05) is 43.9 Å². The highest BCUT2D eigenvalue weighted by molar-refractivity contribution is 7.80. The first-order valence-electron chi connectivity index (χ1n) is 11.7. The van der Waals surface area contributed by atoms with Crippen molar-refractivity contribution in [2.75, 3.05) is 5.75 Å². The summed E-state index contributed by atoms with van der Waals surface area (Å²) < 4.78 is 5.27. The van der Waals surface area contributed by atoms with E-state index in [9.17, 15) is 14.4 Å². The van der Waals surface area contributed by atoms with Gasteiger partial charge in [0.05, 0.1) is 0 Å². The fourth-order valence-corrected chi connectivity index (χ4v) is 4.20. The molecule has 186 valence electrons. The second-order valence-corrected chi connectivity index (χ2v) is 10.2. The zero-order valence-electron chi connectivity index (χ0n) is 20.8. The Bertz CT molecular complexity index is 929. The molecule has 0 saturated heterocycles. The van der Waals surface area contributed by atoms with Gasteiger partial charge in [-0.15, -0.1) is 0 Å². The molecule has 34 heavy (non-hydrogen) atoms. The van der Waals surface area contributed by atoms with Crippen LogP contribution in [0, 0.1) is 26.3 Å². The van der Waals surface area contributed by atoms with Gasteiger partial charge < -0.3 is 15.4 Å². The quantitative estimate of drug-likeness (QED) is 0.308. The highest BCUT2D eigenvalue weighted by Gasteiger charge is 2.36. The molecule has 2 rings (SSSR count). The topological polar surface area (TPSA) is 87.7 Å². The molecule has 1 aliphatic rings. The van der Waals surface area contributed by atoms with Gasteiger partial charge in [0.2, 0.25) is 5.91 Å². The summed E-state index contributed by atoms with van der Waals surface area (Å²) in [7, 11) is 0. The lowest BCUT2D eigenvalue weighted by atomic mass is 9.94. The van der Waals surface area contributed by atoms with Crippen LogP contribution in [0.2, 0.25) is 0 Å². The summed E-state index contributed by atoms with van der Waals surface area (Å²) in [4.78, 5) is 40.3.